The number of unbranched alkanes of at least 4 members (excludes halogenated alkanes) is 2. The predicted molar refractivity (Wildman–Crippen MR) is 244 cm³/mol. The van der Waals surface area contributed by atoms with Crippen molar-refractivity contribution in [2.45, 2.75) is 176 Å². The molecule has 0 saturated carbocycles. The van der Waals surface area contributed by atoms with Crippen molar-refractivity contribution in [1.82, 2.24) is 0 Å². The second kappa shape index (κ2) is 19.0. The molecule has 3 rings (SSSR count). The zero-order valence-electron chi connectivity index (χ0n) is 39.3. The smallest absolute Gasteiger partial charge is 0.318 e. The number of rotatable bonds is 17. The molecule has 1 atom stereocenters. The lowest BCUT2D eigenvalue weighted by molar-refractivity contribution is -0.394. The minimum atomic E-state index is -1.87. The van der Waals surface area contributed by atoms with E-state index in [4.69, 9.17) is 14.5 Å². The van der Waals surface area contributed by atoms with Gasteiger partial charge in [-0.15, -0.1) is 0 Å². The third-order valence-corrected chi connectivity index (χ3v) is 10.9. The summed E-state index contributed by atoms with van der Waals surface area (Å²) in [5, 5.41) is 49.2. The predicted octanol–water partition coefficient (Wildman–Crippen LogP) is 12.5. The Kier molecular flexibility index (Phi) is 15.8. The molecule has 0 heterocycles. The van der Waals surface area contributed by atoms with Crippen LogP contribution in [0.2, 0.25) is 0 Å². The average Bonchev–Trinajstić information content (AvgIpc) is 3.11. The first-order chi connectivity index (χ1) is 27.5. The van der Waals surface area contributed by atoms with E-state index >= 15 is 0 Å². The first-order valence-electron chi connectivity index (χ1n) is 21.6. The van der Waals surface area contributed by atoms with Gasteiger partial charge in [0.2, 0.25) is 5.75 Å². The zero-order chi connectivity index (χ0) is 45.8. The summed E-state index contributed by atoms with van der Waals surface area (Å²) >= 11 is 0. The fraction of sp³-hybridized carbons (Fsp3) is 0.612. The van der Waals surface area contributed by atoms with Gasteiger partial charge in [-0.1, -0.05) is 124 Å². The highest BCUT2D eigenvalue weighted by Gasteiger charge is 2.45. The molecule has 3 aromatic carbocycles. The number of nitro groups is 2. The Hall–Kier alpha value is -4.51. The maximum Gasteiger partial charge on any atom is 0.318 e. The molecule has 0 aliphatic rings. The van der Waals surface area contributed by atoms with Gasteiger partial charge >= 0.3 is 5.69 Å². The van der Waals surface area contributed by atoms with Gasteiger partial charge in [0.25, 0.3) is 5.69 Å². The lowest BCUT2D eigenvalue weighted by Gasteiger charge is -2.41. The van der Waals surface area contributed by atoms with Crippen LogP contribution in [-0.4, -0.2) is 45.5 Å². The van der Waals surface area contributed by atoms with Crippen molar-refractivity contribution in [3.05, 3.63) is 95.6 Å². The van der Waals surface area contributed by atoms with Gasteiger partial charge in [0, 0.05) is 40.1 Å². The first kappa shape index (κ1) is 49.8. The number of aromatic hydroxyl groups is 1. The maximum atomic E-state index is 14.2. The molecule has 0 aliphatic carbocycles. The number of nitrogens with zero attached hydrogens (tertiary/aromatic N) is 3. The van der Waals surface area contributed by atoms with E-state index < -0.39 is 60.3 Å². The van der Waals surface area contributed by atoms with Crippen LogP contribution in [0.25, 0.3) is 0 Å². The number of aliphatic imine (C=N–C) groups is 1. The van der Waals surface area contributed by atoms with E-state index in [1.807, 2.05) is 38.1 Å². The normalized spacial score (nSPS) is 13.6. The summed E-state index contributed by atoms with van der Waals surface area (Å²) in [6, 6.07) is 8.97. The van der Waals surface area contributed by atoms with Crippen molar-refractivity contribution in [1.29, 1.82) is 0 Å². The van der Waals surface area contributed by atoms with E-state index in [2.05, 4.69) is 96.9 Å². The largest absolute Gasteiger partial charge is 0.502 e. The van der Waals surface area contributed by atoms with Crippen molar-refractivity contribution in [2.24, 2.45) is 10.9 Å². The first-order valence-corrected chi connectivity index (χ1v) is 21.6. The van der Waals surface area contributed by atoms with Crippen LogP contribution >= 0.6 is 0 Å². The molecule has 0 saturated heterocycles. The Morgan fingerprint density at radius 1 is 0.667 bits per heavy atom. The van der Waals surface area contributed by atoms with E-state index in [1.165, 1.54) is 6.21 Å². The molecular formula is C49H73N3O8. The van der Waals surface area contributed by atoms with Crippen molar-refractivity contribution < 1.29 is 29.5 Å². The molecule has 11 heteroatoms. The van der Waals surface area contributed by atoms with Gasteiger partial charge in [-0.05, 0) is 82.2 Å². The summed E-state index contributed by atoms with van der Waals surface area (Å²) in [4.78, 5) is 27.3. The van der Waals surface area contributed by atoms with Crippen LogP contribution in [0.1, 0.15) is 182 Å². The monoisotopic (exact) mass is 832 g/mol. The van der Waals surface area contributed by atoms with Gasteiger partial charge < -0.3 is 19.7 Å². The lowest BCUT2D eigenvalue weighted by Crippen LogP contribution is -2.42. The van der Waals surface area contributed by atoms with Crippen LogP contribution in [0.15, 0.2) is 41.4 Å². The molecule has 0 aliphatic heterocycles. The third-order valence-electron chi connectivity index (χ3n) is 10.9. The van der Waals surface area contributed by atoms with Crippen molar-refractivity contribution in [3.8, 4) is 17.2 Å². The molecule has 11 nitrogen and oxygen atoms in total. The number of nitro benzene ring substituents is 2. The fourth-order valence-corrected chi connectivity index (χ4v) is 7.35. The van der Waals surface area contributed by atoms with Gasteiger partial charge in [-0.2, -0.15) is 0 Å². The number of hydrogen-bond donors (Lipinski definition) is 2. The number of non-ortho nitro benzene ring substituents is 1. The molecule has 3 aromatic rings. The Bertz CT molecular complexity index is 1860. The molecule has 332 valence electrons. The van der Waals surface area contributed by atoms with Crippen LogP contribution in [0.3, 0.4) is 0 Å². The minimum absolute atomic E-state index is 0.0200. The molecular weight excluding hydrogens is 759 g/mol. The van der Waals surface area contributed by atoms with Gasteiger partial charge in [0.1, 0.15) is 17.1 Å². The van der Waals surface area contributed by atoms with E-state index in [-0.39, 0.29) is 11.5 Å². The Morgan fingerprint density at radius 3 is 1.35 bits per heavy atom. The van der Waals surface area contributed by atoms with Crippen LogP contribution in [0, 0.1) is 26.1 Å². The number of phenols is 1. The molecule has 0 fully saturated rings. The Morgan fingerprint density at radius 2 is 1.05 bits per heavy atom. The van der Waals surface area contributed by atoms with Crippen LogP contribution in [0.5, 0.6) is 17.2 Å². The number of aliphatic hydroxyl groups is 1. The molecule has 2 N–H and O–H groups in total. The van der Waals surface area contributed by atoms with Gasteiger partial charge in [-0.3, -0.25) is 25.2 Å². The molecule has 0 amide bonds. The maximum absolute atomic E-state index is 14.2. The molecule has 0 radical (unpaired) electrons. The Labute approximate surface area is 359 Å². The van der Waals surface area contributed by atoms with Gasteiger partial charge in [0.05, 0.1) is 35.2 Å². The quantitative estimate of drug-likeness (QED) is 0.0589. The van der Waals surface area contributed by atoms with Crippen molar-refractivity contribution >= 4 is 17.6 Å². The molecule has 60 heavy (non-hydrogen) atoms. The third kappa shape index (κ3) is 11.6. The molecule has 1 unspecified atom stereocenters. The molecule has 0 aromatic heterocycles. The number of phenolic OH excluding ortho intramolecular Hbond substituents is 1. The molecule has 0 bridgehead atoms. The summed E-state index contributed by atoms with van der Waals surface area (Å²) in [6.07, 6.45) is 5.25. The van der Waals surface area contributed by atoms with Gasteiger partial charge in [-0.25, -0.2) is 0 Å². The minimum Gasteiger partial charge on any atom is -0.502 e. The van der Waals surface area contributed by atoms with Crippen LogP contribution in [0.4, 0.5) is 11.4 Å². The fourth-order valence-electron chi connectivity index (χ4n) is 7.35. The summed E-state index contributed by atoms with van der Waals surface area (Å²) < 4.78 is 13.3. The highest BCUT2D eigenvalue weighted by Crippen LogP contribution is 2.49. The number of benzene rings is 3. The zero-order valence-corrected chi connectivity index (χ0v) is 39.3. The van der Waals surface area contributed by atoms with E-state index in [0.717, 1.165) is 71.6 Å². The second-order valence-corrected chi connectivity index (χ2v) is 20.8. The van der Waals surface area contributed by atoms with Crippen molar-refractivity contribution in [2.75, 3.05) is 13.2 Å². The highest BCUT2D eigenvalue weighted by molar-refractivity contribution is 5.87. The molecule has 0 spiro atoms. The number of ether oxygens (including phenoxy) is 2. The SMILES string of the molecule is CCCCOc1c(C(C)(C)C)cc(C(O)(c2cc(C(C)(C)C)c(OCCCC)c(C(C)(C)C)c2)C(CC(C)C)N=Cc2cc([N+](=O)[O-])cc([N+](=O)[O-])c2O)cc1C(C)(C)C. The Balaban J connectivity index is 2.72. The summed E-state index contributed by atoms with van der Waals surface area (Å²) in [5.41, 5.74) is -0.300. The highest BCUT2D eigenvalue weighted by atomic mass is 16.6. The number of hydrogen-bond acceptors (Lipinski definition) is 9. The summed E-state index contributed by atoms with van der Waals surface area (Å²) in [5.74, 6) is 0.808. The topological polar surface area (TPSA) is 158 Å². The van der Waals surface area contributed by atoms with Crippen LogP contribution < -0.4 is 9.47 Å². The van der Waals surface area contributed by atoms with Gasteiger partial charge in [0.15, 0.2) is 0 Å². The van der Waals surface area contributed by atoms with E-state index in [1.54, 1.807) is 0 Å². The summed E-state index contributed by atoms with van der Waals surface area (Å²) in [7, 11) is 0. The lowest BCUT2D eigenvalue weighted by atomic mass is 9.69. The average molecular weight is 832 g/mol. The van der Waals surface area contributed by atoms with Crippen molar-refractivity contribution in [3.63, 3.8) is 0 Å². The van der Waals surface area contributed by atoms with Crippen LogP contribution in [-0.2, 0) is 27.3 Å². The standard InChI is InChI=1S/C49H73N3O8/c1-17-19-21-59-43-36(45(5,6)7)25-33(26-37(43)46(8,9)10)49(54,34-27-38(47(11,12)13)44(60-22-20-18-2)39(28-34)48(14,15)16)41(23-31(3)4)50-30-32-24-35(51(55)56)29-40(42(32)53)52(57)58/h24-31,41,53-54H,17-23H2,1-16H3. The van der Waals surface area contributed by atoms with E-state index in [9.17, 15) is 30.4 Å². The summed E-state index contributed by atoms with van der Waals surface area (Å²) in [6.45, 7) is 34.9. The van der Waals surface area contributed by atoms with E-state index in [0.29, 0.717) is 30.8 Å². The second-order valence-electron chi connectivity index (χ2n) is 20.8.